The predicted molar refractivity (Wildman–Crippen MR) is 82.9 cm³/mol. The van der Waals surface area contributed by atoms with Crippen molar-refractivity contribution in [2.45, 2.75) is 67.3 Å². The van der Waals surface area contributed by atoms with Crippen molar-refractivity contribution in [2.75, 3.05) is 6.61 Å². The quantitative estimate of drug-likeness (QED) is 0.182. The molecule has 1 saturated heterocycles. The third-order valence-electron chi connectivity index (χ3n) is 4.19. The molecule has 2 aliphatic rings. The molecule has 16 heteroatoms. The smallest absolute Gasteiger partial charge is 0.387 e. The summed E-state index contributed by atoms with van der Waals surface area (Å²) < 4.78 is 19.0. The van der Waals surface area contributed by atoms with Crippen LogP contribution in [0.15, 0.2) is 0 Å². The van der Waals surface area contributed by atoms with Crippen LogP contribution in [0.2, 0.25) is 0 Å². The Kier molecular flexibility index (Phi) is 9.29. The van der Waals surface area contributed by atoms with E-state index in [-0.39, 0.29) is 0 Å². The molecule has 28 heavy (non-hydrogen) atoms. The zero-order valence-corrected chi connectivity index (χ0v) is 15.0. The molecule has 0 radical (unpaired) electrons. The first-order valence-electron chi connectivity index (χ1n) is 7.85. The number of phosphoric ester groups is 1. The van der Waals surface area contributed by atoms with Crippen molar-refractivity contribution in [3.05, 3.63) is 0 Å². The zero-order valence-electron chi connectivity index (χ0n) is 14.1. The lowest BCUT2D eigenvalue weighted by Gasteiger charge is -2.39. The Morgan fingerprint density at radius 2 is 0.929 bits per heavy atom. The van der Waals surface area contributed by atoms with Crippen molar-refractivity contribution in [3.63, 3.8) is 0 Å². The molecule has 2 rings (SSSR count). The molecule has 2 fully saturated rings. The fourth-order valence-electron chi connectivity index (χ4n) is 2.45. The van der Waals surface area contributed by atoms with Crippen LogP contribution in [0.4, 0.5) is 0 Å². The summed E-state index contributed by atoms with van der Waals surface area (Å²) in [6.07, 6.45) is -17.9. The molecule has 168 valence electrons. The number of ether oxygens (including phenoxy) is 1. The van der Waals surface area contributed by atoms with E-state index in [1.165, 1.54) is 0 Å². The van der Waals surface area contributed by atoms with Gasteiger partial charge in [-0.15, -0.1) is 0 Å². The third kappa shape index (κ3) is 6.33. The highest BCUT2D eigenvalue weighted by atomic mass is 31.2. The number of aliphatic hydroxyl groups is 10. The average Bonchev–Trinajstić information content (AvgIpc) is 2.63. The van der Waals surface area contributed by atoms with E-state index in [1.54, 1.807) is 0 Å². The largest absolute Gasteiger partial charge is 0.469 e. The monoisotopic (exact) mass is 440 g/mol. The first-order valence-corrected chi connectivity index (χ1v) is 9.38. The van der Waals surface area contributed by atoms with Crippen LogP contribution in [0, 0.1) is 0 Å². The molecule has 15 nitrogen and oxygen atoms in total. The number of rotatable bonds is 3. The summed E-state index contributed by atoms with van der Waals surface area (Å²) in [6, 6.07) is 0. The lowest BCUT2D eigenvalue weighted by atomic mass is 9.85. The van der Waals surface area contributed by atoms with Crippen LogP contribution in [-0.2, 0) is 13.8 Å². The lowest BCUT2D eigenvalue weighted by Crippen LogP contribution is -2.63. The Bertz CT molecular complexity index is 471. The van der Waals surface area contributed by atoms with Gasteiger partial charge in [0.2, 0.25) is 0 Å². The summed E-state index contributed by atoms with van der Waals surface area (Å²) in [6.45, 7) is -0.730. The van der Waals surface area contributed by atoms with Gasteiger partial charge in [-0.1, -0.05) is 0 Å². The standard InChI is InChI=1S/C6H13O9P.C6H12O6/c7-3-2(1-14-16(11,12)13)15-6(10)5(9)4(3)8;7-1-2(8)4(10)6(12)5(11)3(1)9/h2-10H,1H2,(H2,11,12,13);1-12H/t2-,3-,4+,5-,6+;/m1./s1. The molecule has 1 aliphatic carbocycles. The Morgan fingerprint density at radius 3 is 1.25 bits per heavy atom. The summed E-state index contributed by atoms with van der Waals surface area (Å²) in [7, 11) is -4.73. The summed E-state index contributed by atoms with van der Waals surface area (Å²) in [4.78, 5) is 16.8. The van der Waals surface area contributed by atoms with Crippen LogP contribution in [-0.4, -0.2) is 135 Å². The molecule has 1 aliphatic heterocycles. The third-order valence-corrected chi connectivity index (χ3v) is 4.68. The molecule has 0 aromatic heterocycles. The van der Waals surface area contributed by atoms with E-state index >= 15 is 0 Å². The Labute approximate surface area is 157 Å². The van der Waals surface area contributed by atoms with E-state index in [1.807, 2.05) is 0 Å². The van der Waals surface area contributed by atoms with Gasteiger partial charge in [0.25, 0.3) is 0 Å². The van der Waals surface area contributed by atoms with Crippen LogP contribution in [0.25, 0.3) is 0 Å². The van der Waals surface area contributed by atoms with Crippen molar-refractivity contribution < 1.29 is 74.7 Å². The molecule has 0 amide bonds. The number of phosphoric acid groups is 1. The van der Waals surface area contributed by atoms with Gasteiger partial charge in [0.1, 0.15) is 61.0 Å². The highest BCUT2D eigenvalue weighted by Crippen LogP contribution is 2.36. The average molecular weight is 440 g/mol. The van der Waals surface area contributed by atoms with Crippen molar-refractivity contribution in [1.29, 1.82) is 0 Å². The van der Waals surface area contributed by atoms with Gasteiger partial charge in [-0.25, -0.2) is 4.57 Å². The lowest BCUT2D eigenvalue weighted by molar-refractivity contribution is -0.285. The maximum absolute atomic E-state index is 10.4. The summed E-state index contributed by atoms with van der Waals surface area (Å²) in [5.74, 6) is 0. The summed E-state index contributed by atoms with van der Waals surface area (Å²) >= 11 is 0. The summed E-state index contributed by atoms with van der Waals surface area (Å²) in [5, 5.41) is 90.6. The molecular formula is C12H25O15P. The highest BCUT2D eigenvalue weighted by Gasteiger charge is 2.47. The Balaban J connectivity index is 0.000000292. The molecule has 12 N–H and O–H groups in total. The fourth-order valence-corrected chi connectivity index (χ4v) is 2.79. The molecule has 1 saturated carbocycles. The minimum atomic E-state index is -4.73. The second-order valence-electron chi connectivity index (χ2n) is 6.27. The van der Waals surface area contributed by atoms with Crippen molar-refractivity contribution in [2.24, 2.45) is 0 Å². The van der Waals surface area contributed by atoms with Gasteiger partial charge in [-0.3, -0.25) is 4.52 Å². The van der Waals surface area contributed by atoms with Crippen LogP contribution in [0.1, 0.15) is 0 Å². The van der Waals surface area contributed by atoms with Gasteiger partial charge in [-0.2, -0.15) is 0 Å². The van der Waals surface area contributed by atoms with Crippen LogP contribution in [0.5, 0.6) is 0 Å². The minimum Gasteiger partial charge on any atom is -0.387 e. The van der Waals surface area contributed by atoms with E-state index in [4.69, 9.17) is 50.6 Å². The number of hydrogen-bond donors (Lipinski definition) is 12. The van der Waals surface area contributed by atoms with Crippen LogP contribution < -0.4 is 0 Å². The first kappa shape index (κ1) is 25.7. The van der Waals surface area contributed by atoms with E-state index < -0.39 is 81.8 Å². The molecule has 1 heterocycles. The fraction of sp³-hybridized carbons (Fsp3) is 1.00. The molecular weight excluding hydrogens is 415 g/mol. The Hall–Kier alpha value is -0.330. The molecule has 0 bridgehead atoms. The van der Waals surface area contributed by atoms with E-state index in [2.05, 4.69) is 9.26 Å². The van der Waals surface area contributed by atoms with Gasteiger partial charge >= 0.3 is 7.82 Å². The highest BCUT2D eigenvalue weighted by molar-refractivity contribution is 7.46. The maximum Gasteiger partial charge on any atom is 0.469 e. The summed E-state index contributed by atoms with van der Waals surface area (Å²) in [5.41, 5.74) is 0. The SMILES string of the molecule is O=P(O)(O)OC[C@H]1O[C@H](O)[C@H](O)[C@@H](O)[C@@H]1O.OC1C(O)C(O)C(O)C(O)C1O. The molecule has 0 aromatic carbocycles. The normalized spacial score (nSPS) is 47.2. The van der Waals surface area contributed by atoms with Gasteiger partial charge in [0, 0.05) is 0 Å². The second kappa shape index (κ2) is 10.1. The zero-order chi connectivity index (χ0) is 22.0. The minimum absolute atomic E-state index is 0.730. The number of aliphatic hydroxyl groups excluding tert-OH is 10. The first-order chi connectivity index (χ1) is 12.7. The maximum atomic E-state index is 10.4. The Morgan fingerprint density at radius 1 is 0.607 bits per heavy atom. The molecule has 0 unspecified atom stereocenters. The van der Waals surface area contributed by atoms with Crippen LogP contribution in [0.3, 0.4) is 0 Å². The second-order valence-corrected chi connectivity index (χ2v) is 7.51. The van der Waals surface area contributed by atoms with Crippen molar-refractivity contribution in [3.8, 4) is 0 Å². The molecule has 5 atom stereocenters. The van der Waals surface area contributed by atoms with E-state index in [0.29, 0.717) is 0 Å². The number of hydrogen-bond acceptors (Lipinski definition) is 13. The predicted octanol–water partition coefficient (Wildman–Crippen LogP) is -6.94. The topological polar surface area (TPSA) is 278 Å². The molecule has 0 spiro atoms. The van der Waals surface area contributed by atoms with Gasteiger partial charge in [-0.05, 0) is 0 Å². The van der Waals surface area contributed by atoms with Crippen LogP contribution >= 0.6 is 7.82 Å². The van der Waals surface area contributed by atoms with E-state index in [0.717, 1.165) is 0 Å². The molecule has 0 aromatic rings. The van der Waals surface area contributed by atoms with Gasteiger partial charge in [0.05, 0.1) is 6.61 Å². The van der Waals surface area contributed by atoms with Crippen molar-refractivity contribution in [1.82, 2.24) is 0 Å². The van der Waals surface area contributed by atoms with Gasteiger partial charge < -0.3 is 65.6 Å². The van der Waals surface area contributed by atoms with Crippen molar-refractivity contribution >= 4 is 7.82 Å². The van der Waals surface area contributed by atoms with Gasteiger partial charge in [0.15, 0.2) is 6.29 Å². The van der Waals surface area contributed by atoms with E-state index in [9.17, 15) is 14.8 Å².